The fraction of sp³-hybridized carbons (Fsp3) is 0.250. The molecule has 90 valence electrons. The largest absolute Gasteiger partial charge is 0.466 e. The topological polar surface area (TPSA) is 64.1 Å². The second-order valence-corrected chi connectivity index (χ2v) is 4.71. The van der Waals surface area contributed by atoms with Crippen LogP contribution >= 0.6 is 15.9 Å². The van der Waals surface area contributed by atoms with Crippen LogP contribution < -0.4 is 11.3 Å². The Labute approximate surface area is 108 Å². The maximum absolute atomic E-state index is 5.61. The number of hydrazine groups is 1. The van der Waals surface area contributed by atoms with Gasteiger partial charge in [-0.1, -0.05) is 6.07 Å². The molecular weight excluding hydrogens is 282 g/mol. The van der Waals surface area contributed by atoms with Crippen molar-refractivity contribution >= 4 is 15.9 Å². The lowest BCUT2D eigenvalue weighted by atomic mass is 10.0. The zero-order valence-electron chi connectivity index (χ0n) is 9.70. The Kier molecular flexibility index (Phi) is 3.61. The maximum Gasteiger partial charge on any atom is 0.140 e. The molecule has 2 rings (SSSR count). The van der Waals surface area contributed by atoms with Gasteiger partial charge < -0.3 is 4.42 Å². The molecule has 1 unspecified atom stereocenters. The van der Waals surface area contributed by atoms with E-state index in [1.54, 1.807) is 6.26 Å². The van der Waals surface area contributed by atoms with E-state index in [4.69, 9.17) is 10.3 Å². The second kappa shape index (κ2) is 5.00. The SMILES string of the molecule is Cc1ccc(C(NN)c2occc2Br)c(C)n1. The molecule has 3 N–H and O–H groups in total. The Hall–Kier alpha value is -1.17. The number of aromatic nitrogens is 1. The molecule has 0 bridgehead atoms. The van der Waals surface area contributed by atoms with Crippen LogP contribution in [0.4, 0.5) is 0 Å². The van der Waals surface area contributed by atoms with Crippen LogP contribution in [0.3, 0.4) is 0 Å². The number of rotatable bonds is 3. The maximum atomic E-state index is 5.61. The summed E-state index contributed by atoms with van der Waals surface area (Å²) in [5.41, 5.74) is 5.69. The molecule has 0 saturated heterocycles. The van der Waals surface area contributed by atoms with Crippen molar-refractivity contribution in [3.8, 4) is 0 Å². The molecule has 0 amide bonds. The molecule has 0 radical (unpaired) electrons. The van der Waals surface area contributed by atoms with Gasteiger partial charge in [0.15, 0.2) is 0 Å². The number of nitrogens with one attached hydrogen (secondary N) is 1. The van der Waals surface area contributed by atoms with Crippen LogP contribution in [-0.2, 0) is 0 Å². The number of halogens is 1. The summed E-state index contributed by atoms with van der Waals surface area (Å²) in [6, 6.07) is 5.62. The molecule has 0 spiro atoms. The van der Waals surface area contributed by atoms with Crippen molar-refractivity contribution in [2.75, 3.05) is 0 Å². The van der Waals surface area contributed by atoms with Gasteiger partial charge in [0.2, 0.25) is 0 Å². The molecule has 4 nitrogen and oxygen atoms in total. The molecule has 17 heavy (non-hydrogen) atoms. The van der Waals surface area contributed by atoms with Crippen molar-refractivity contribution in [2.24, 2.45) is 5.84 Å². The molecule has 5 heteroatoms. The van der Waals surface area contributed by atoms with Crippen molar-refractivity contribution in [1.29, 1.82) is 0 Å². The first-order valence-electron chi connectivity index (χ1n) is 5.26. The Balaban J connectivity index is 2.46. The molecule has 2 aromatic rings. The summed E-state index contributed by atoms with van der Waals surface area (Å²) in [6.45, 7) is 3.92. The zero-order chi connectivity index (χ0) is 12.4. The molecule has 0 aliphatic rings. The molecular formula is C12H14BrN3O. The van der Waals surface area contributed by atoms with E-state index in [1.165, 1.54) is 0 Å². The third-order valence-corrected chi connectivity index (χ3v) is 3.31. The lowest BCUT2D eigenvalue weighted by Gasteiger charge is -2.16. The highest BCUT2D eigenvalue weighted by Crippen LogP contribution is 2.30. The first kappa shape index (κ1) is 12.3. The van der Waals surface area contributed by atoms with Crippen molar-refractivity contribution < 1.29 is 4.42 Å². The van der Waals surface area contributed by atoms with Crippen molar-refractivity contribution in [3.63, 3.8) is 0 Å². The van der Waals surface area contributed by atoms with E-state index in [9.17, 15) is 0 Å². The van der Waals surface area contributed by atoms with Crippen molar-refractivity contribution in [1.82, 2.24) is 10.4 Å². The van der Waals surface area contributed by atoms with Gasteiger partial charge >= 0.3 is 0 Å². The van der Waals surface area contributed by atoms with Gasteiger partial charge in [-0.15, -0.1) is 0 Å². The lowest BCUT2D eigenvalue weighted by molar-refractivity contribution is 0.448. The smallest absolute Gasteiger partial charge is 0.140 e. The number of furan rings is 1. The van der Waals surface area contributed by atoms with Crippen LogP contribution in [0.25, 0.3) is 0 Å². The molecule has 2 heterocycles. The minimum atomic E-state index is -0.201. The Morgan fingerprint density at radius 1 is 1.35 bits per heavy atom. The summed E-state index contributed by atoms with van der Waals surface area (Å²) in [4.78, 5) is 4.43. The molecule has 2 aromatic heterocycles. The minimum Gasteiger partial charge on any atom is -0.466 e. The van der Waals surface area contributed by atoms with Gasteiger partial charge in [-0.05, 0) is 47.5 Å². The van der Waals surface area contributed by atoms with Gasteiger partial charge in [-0.25, -0.2) is 5.43 Å². The number of nitrogens with zero attached hydrogens (tertiary/aromatic N) is 1. The fourth-order valence-electron chi connectivity index (χ4n) is 1.82. The summed E-state index contributed by atoms with van der Waals surface area (Å²) in [5.74, 6) is 6.36. The van der Waals surface area contributed by atoms with Crippen LogP contribution in [0.15, 0.2) is 33.4 Å². The van der Waals surface area contributed by atoms with Gasteiger partial charge in [0.1, 0.15) is 11.8 Å². The highest BCUT2D eigenvalue weighted by Gasteiger charge is 2.20. The van der Waals surface area contributed by atoms with Crippen LogP contribution in [0, 0.1) is 13.8 Å². The fourth-order valence-corrected chi connectivity index (χ4v) is 2.25. The predicted molar refractivity (Wildman–Crippen MR) is 69.3 cm³/mol. The Morgan fingerprint density at radius 2 is 2.12 bits per heavy atom. The monoisotopic (exact) mass is 295 g/mol. The van der Waals surface area contributed by atoms with Gasteiger partial charge in [0.25, 0.3) is 0 Å². The average Bonchev–Trinajstić information content (AvgIpc) is 2.69. The first-order valence-corrected chi connectivity index (χ1v) is 6.06. The van der Waals surface area contributed by atoms with E-state index >= 15 is 0 Å². The van der Waals surface area contributed by atoms with E-state index in [-0.39, 0.29) is 6.04 Å². The molecule has 1 atom stereocenters. The quantitative estimate of drug-likeness (QED) is 0.675. The van der Waals surface area contributed by atoms with E-state index in [1.807, 2.05) is 32.0 Å². The average molecular weight is 296 g/mol. The number of pyridine rings is 1. The zero-order valence-corrected chi connectivity index (χ0v) is 11.3. The van der Waals surface area contributed by atoms with Gasteiger partial charge in [0, 0.05) is 11.4 Å². The van der Waals surface area contributed by atoms with Crippen LogP contribution in [0.5, 0.6) is 0 Å². The van der Waals surface area contributed by atoms with Crippen LogP contribution in [0.1, 0.15) is 28.8 Å². The number of nitrogens with two attached hydrogens (primary N) is 1. The molecule has 0 saturated carbocycles. The van der Waals surface area contributed by atoms with Gasteiger partial charge in [-0.3, -0.25) is 10.8 Å². The first-order chi connectivity index (χ1) is 8.13. The minimum absolute atomic E-state index is 0.201. The van der Waals surface area contributed by atoms with E-state index in [0.29, 0.717) is 0 Å². The predicted octanol–water partition coefficient (Wildman–Crippen LogP) is 2.61. The van der Waals surface area contributed by atoms with Crippen LogP contribution in [-0.4, -0.2) is 4.98 Å². The molecule has 0 aliphatic heterocycles. The van der Waals surface area contributed by atoms with Gasteiger partial charge in [0.05, 0.1) is 10.7 Å². The summed E-state index contributed by atoms with van der Waals surface area (Å²) in [5, 5.41) is 0. The van der Waals surface area contributed by atoms with Gasteiger partial charge in [-0.2, -0.15) is 0 Å². The number of hydrogen-bond donors (Lipinski definition) is 2. The highest BCUT2D eigenvalue weighted by atomic mass is 79.9. The van der Waals surface area contributed by atoms with Crippen LogP contribution in [0.2, 0.25) is 0 Å². The number of hydrogen-bond acceptors (Lipinski definition) is 4. The summed E-state index contributed by atoms with van der Waals surface area (Å²) in [6.07, 6.45) is 1.63. The third-order valence-electron chi connectivity index (χ3n) is 2.65. The molecule has 0 fully saturated rings. The summed E-state index contributed by atoms with van der Waals surface area (Å²) in [7, 11) is 0. The summed E-state index contributed by atoms with van der Waals surface area (Å²) < 4.78 is 6.33. The Morgan fingerprint density at radius 3 is 2.65 bits per heavy atom. The normalized spacial score (nSPS) is 12.7. The second-order valence-electron chi connectivity index (χ2n) is 3.86. The summed E-state index contributed by atoms with van der Waals surface area (Å²) >= 11 is 3.43. The van der Waals surface area contributed by atoms with E-state index < -0.39 is 0 Å². The molecule has 0 aliphatic carbocycles. The standard InChI is InChI=1S/C12H14BrN3O/c1-7-3-4-9(8(2)15-7)11(16-14)12-10(13)5-6-17-12/h3-6,11,16H,14H2,1-2H3. The van der Waals surface area contributed by atoms with E-state index in [0.717, 1.165) is 27.2 Å². The van der Waals surface area contributed by atoms with Crippen molar-refractivity contribution in [3.05, 3.63) is 51.6 Å². The van der Waals surface area contributed by atoms with E-state index in [2.05, 4.69) is 26.3 Å². The highest BCUT2D eigenvalue weighted by molar-refractivity contribution is 9.10. The molecule has 0 aromatic carbocycles. The number of aryl methyl sites for hydroxylation is 2. The lowest BCUT2D eigenvalue weighted by Crippen LogP contribution is -2.29. The Bertz CT molecular complexity index is 524. The third kappa shape index (κ3) is 2.41. The van der Waals surface area contributed by atoms with Crippen molar-refractivity contribution in [2.45, 2.75) is 19.9 Å².